The number of halogens is 2. The lowest BCUT2D eigenvalue weighted by atomic mass is 10.1. The van der Waals surface area contributed by atoms with Crippen LogP contribution < -0.4 is 15.2 Å². The Morgan fingerprint density at radius 3 is 2.50 bits per heavy atom. The summed E-state index contributed by atoms with van der Waals surface area (Å²) in [6.45, 7) is 0.412. The minimum Gasteiger partial charge on any atom is -0.493 e. The topological polar surface area (TPSA) is 133 Å². The number of pyridine rings is 1. The maximum atomic E-state index is 14.7. The number of nitrogen functional groups attached to an aromatic ring is 1. The molecule has 3 N–H and O–H groups in total. The van der Waals surface area contributed by atoms with Gasteiger partial charge in [-0.1, -0.05) is 5.92 Å². The highest BCUT2D eigenvalue weighted by molar-refractivity contribution is 6.02. The third kappa shape index (κ3) is 3.71. The van der Waals surface area contributed by atoms with E-state index in [1.165, 1.54) is 30.0 Å². The molecule has 1 saturated heterocycles. The number of rotatable bonds is 4. The number of methoxy groups -OCH3 is 2. The molecule has 12 heteroatoms. The van der Waals surface area contributed by atoms with Crippen LogP contribution in [-0.2, 0) is 0 Å². The van der Waals surface area contributed by atoms with Crippen molar-refractivity contribution in [2.45, 2.75) is 12.5 Å². The van der Waals surface area contributed by atoms with E-state index in [0.29, 0.717) is 18.2 Å². The number of hydrogen-bond donors (Lipinski definition) is 2. The molecule has 3 aromatic rings. The SMILES string of the molecule is COc1cc(OC)c(F)c(C#Cc2nn(C3CCN(C(=O)O)C3)c3c(C=O)cnc(N)c23)c1F. The van der Waals surface area contributed by atoms with Crippen molar-refractivity contribution in [3.63, 3.8) is 0 Å². The summed E-state index contributed by atoms with van der Waals surface area (Å²) in [7, 11) is 2.44. The Kier molecular flexibility index (Phi) is 5.93. The first-order valence-corrected chi connectivity index (χ1v) is 10.0. The van der Waals surface area contributed by atoms with Crippen LogP contribution >= 0.6 is 0 Å². The van der Waals surface area contributed by atoms with Gasteiger partial charge in [-0.15, -0.1) is 0 Å². The quantitative estimate of drug-likeness (QED) is 0.438. The van der Waals surface area contributed by atoms with Gasteiger partial charge in [0.2, 0.25) is 0 Å². The molecule has 0 radical (unpaired) electrons. The van der Waals surface area contributed by atoms with E-state index in [2.05, 4.69) is 21.9 Å². The van der Waals surface area contributed by atoms with Crippen molar-refractivity contribution >= 4 is 29.1 Å². The zero-order valence-electron chi connectivity index (χ0n) is 18.1. The van der Waals surface area contributed by atoms with Gasteiger partial charge in [-0.25, -0.2) is 18.6 Å². The monoisotopic (exact) mass is 471 g/mol. The van der Waals surface area contributed by atoms with Gasteiger partial charge in [0.05, 0.1) is 36.7 Å². The first-order valence-electron chi connectivity index (χ1n) is 10.0. The first-order chi connectivity index (χ1) is 16.3. The zero-order chi connectivity index (χ0) is 24.6. The van der Waals surface area contributed by atoms with Crippen LogP contribution in [-0.4, -0.2) is 64.5 Å². The van der Waals surface area contributed by atoms with E-state index in [4.69, 9.17) is 15.2 Å². The molecule has 0 spiro atoms. The van der Waals surface area contributed by atoms with Gasteiger partial charge in [0.25, 0.3) is 0 Å². The Bertz CT molecular complexity index is 1350. The fourth-order valence-electron chi connectivity index (χ4n) is 3.89. The maximum Gasteiger partial charge on any atom is 0.407 e. The highest BCUT2D eigenvalue weighted by Gasteiger charge is 2.30. The number of aromatic nitrogens is 3. The molecule has 1 fully saturated rings. The Hall–Kier alpha value is -4.40. The predicted octanol–water partition coefficient (Wildman–Crippen LogP) is 2.45. The summed E-state index contributed by atoms with van der Waals surface area (Å²) >= 11 is 0. The molecule has 0 saturated carbocycles. The van der Waals surface area contributed by atoms with Gasteiger partial charge < -0.3 is 25.2 Å². The summed E-state index contributed by atoms with van der Waals surface area (Å²) in [6, 6.07) is 0.659. The fraction of sp³-hybridized carbons (Fsp3) is 0.273. The molecule has 10 nitrogen and oxygen atoms in total. The Morgan fingerprint density at radius 1 is 1.26 bits per heavy atom. The number of nitrogens with zero attached hydrogens (tertiary/aromatic N) is 4. The Labute approximate surface area is 191 Å². The summed E-state index contributed by atoms with van der Waals surface area (Å²) in [5.41, 5.74) is 5.95. The van der Waals surface area contributed by atoms with E-state index < -0.39 is 29.3 Å². The third-order valence-corrected chi connectivity index (χ3v) is 5.57. The summed E-state index contributed by atoms with van der Waals surface area (Å²) < 4.78 is 40.8. The van der Waals surface area contributed by atoms with Crippen LogP contribution in [0, 0.1) is 23.5 Å². The van der Waals surface area contributed by atoms with Crippen molar-refractivity contribution in [2.75, 3.05) is 33.0 Å². The van der Waals surface area contributed by atoms with Crippen molar-refractivity contribution in [3.05, 3.63) is 40.7 Å². The van der Waals surface area contributed by atoms with Crippen LogP contribution in [0.15, 0.2) is 12.3 Å². The van der Waals surface area contributed by atoms with Crippen molar-refractivity contribution in [1.82, 2.24) is 19.7 Å². The standard InChI is InChI=1S/C22H19F2N5O5/c1-33-15-7-16(34-2)19(24)13(18(15)23)3-4-14-17-20(11(10-30)8-26-21(17)25)29(27-14)12-5-6-28(9-12)22(31)32/h7-8,10,12H,5-6,9H2,1-2H3,(H2,25,26)(H,31,32). The van der Waals surface area contributed by atoms with Crippen molar-refractivity contribution < 1.29 is 33.0 Å². The average molecular weight is 471 g/mol. The molecule has 34 heavy (non-hydrogen) atoms. The Balaban J connectivity index is 1.91. The van der Waals surface area contributed by atoms with Crippen LogP contribution in [0.4, 0.5) is 19.4 Å². The number of anilines is 1. The number of carbonyl (C=O) groups is 2. The molecule has 1 amide bonds. The van der Waals surface area contributed by atoms with Crippen LogP contribution in [0.25, 0.3) is 10.9 Å². The number of hydrogen-bond acceptors (Lipinski definition) is 7. The molecule has 1 aliphatic rings. The number of aldehydes is 1. The minimum atomic E-state index is -1.08. The number of ether oxygens (including phenoxy) is 2. The van der Waals surface area contributed by atoms with Crippen molar-refractivity contribution in [2.24, 2.45) is 0 Å². The van der Waals surface area contributed by atoms with Gasteiger partial charge in [0, 0.05) is 25.4 Å². The predicted molar refractivity (Wildman–Crippen MR) is 116 cm³/mol. The lowest BCUT2D eigenvalue weighted by Crippen LogP contribution is -2.27. The molecule has 1 aliphatic heterocycles. The second-order valence-corrected chi connectivity index (χ2v) is 7.44. The van der Waals surface area contributed by atoms with Gasteiger partial charge in [0.1, 0.15) is 17.1 Å². The molecular formula is C22H19F2N5O5. The number of benzene rings is 1. The summed E-state index contributed by atoms with van der Waals surface area (Å²) in [4.78, 5) is 28.3. The number of fused-ring (bicyclic) bond motifs is 1. The molecule has 1 aromatic carbocycles. The van der Waals surface area contributed by atoms with E-state index >= 15 is 0 Å². The average Bonchev–Trinajstić information content (AvgIpc) is 3.46. The molecule has 1 atom stereocenters. The number of amides is 1. The summed E-state index contributed by atoms with van der Waals surface area (Å²) in [5.74, 6) is 2.48. The highest BCUT2D eigenvalue weighted by Crippen LogP contribution is 2.33. The molecule has 176 valence electrons. The van der Waals surface area contributed by atoms with E-state index in [0.717, 1.165) is 6.07 Å². The second-order valence-electron chi connectivity index (χ2n) is 7.44. The van der Waals surface area contributed by atoms with Crippen molar-refractivity contribution in [3.8, 4) is 23.3 Å². The van der Waals surface area contributed by atoms with E-state index in [9.17, 15) is 23.5 Å². The molecule has 2 aromatic heterocycles. The van der Waals surface area contributed by atoms with Gasteiger partial charge in [-0.3, -0.25) is 9.48 Å². The molecule has 4 rings (SSSR count). The van der Waals surface area contributed by atoms with Crippen LogP contribution in [0.3, 0.4) is 0 Å². The normalized spacial score (nSPS) is 15.2. The lowest BCUT2D eigenvalue weighted by Gasteiger charge is -2.14. The number of likely N-dealkylation sites (tertiary alicyclic amines) is 1. The summed E-state index contributed by atoms with van der Waals surface area (Å²) in [6.07, 6.45) is 1.21. The minimum absolute atomic E-state index is 0.00778. The van der Waals surface area contributed by atoms with E-state index in [1.807, 2.05) is 0 Å². The summed E-state index contributed by atoms with van der Waals surface area (Å²) in [5, 5.41) is 13.9. The lowest BCUT2D eigenvalue weighted by molar-refractivity contribution is 0.112. The Morgan fingerprint density at radius 2 is 1.94 bits per heavy atom. The molecule has 0 aliphatic carbocycles. The van der Waals surface area contributed by atoms with Crippen LogP contribution in [0.5, 0.6) is 11.5 Å². The number of carboxylic acid groups (broad SMARTS) is 1. The number of carbonyl (C=O) groups excluding carboxylic acids is 1. The fourth-order valence-corrected chi connectivity index (χ4v) is 3.89. The van der Waals surface area contributed by atoms with Gasteiger partial charge in [-0.2, -0.15) is 5.10 Å². The first kappa shape index (κ1) is 22.8. The highest BCUT2D eigenvalue weighted by atomic mass is 19.1. The van der Waals surface area contributed by atoms with Crippen LogP contribution in [0.1, 0.15) is 34.1 Å². The van der Waals surface area contributed by atoms with Crippen molar-refractivity contribution in [1.29, 1.82) is 0 Å². The number of nitrogens with two attached hydrogens (primary N) is 1. The van der Waals surface area contributed by atoms with Crippen LogP contribution in [0.2, 0.25) is 0 Å². The maximum absolute atomic E-state index is 14.7. The van der Waals surface area contributed by atoms with Gasteiger partial charge in [-0.05, 0) is 12.3 Å². The molecule has 1 unspecified atom stereocenters. The van der Waals surface area contributed by atoms with Gasteiger partial charge >= 0.3 is 6.09 Å². The molecule has 0 bridgehead atoms. The smallest absolute Gasteiger partial charge is 0.407 e. The van der Waals surface area contributed by atoms with E-state index in [-0.39, 0.29) is 47.1 Å². The zero-order valence-corrected chi connectivity index (χ0v) is 18.1. The van der Waals surface area contributed by atoms with Gasteiger partial charge in [0.15, 0.2) is 29.4 Å². The second kappa shape index (κ2) is 8.86. The van der Waals surface area contributed by atoms with E-state index in [1.54, 1.807) is 0 Å². The molecular weight excluding hydrogens is 452 g/mol. The third-order valence-electron chi connectivity index (χ3n) is 5.57. The largest absolute Gasteiger partial charge is 0.493 e. The molecule has 3 heterocycles.